The van der Waals surface area contributed by atoms with Crippen LogP contribution in [0.3, 0.4) is 0 Å². The summed E-state index contributed by atoms with van der Waals surface area (Å²) in [7, 11) is 1.49. The molecule has 0 spiro atoms. The Balaban J connectivity index is 2.23. The smallest absolute Gasteiger partial charge is 0.417 e. The third kappa shape index (κ3) is 3.78. The number of nitrogens with zero attached hydrogens (tertiary/aromatic N) is 1. The Morgan fingerprint density at radius 1 is 1.09 bits per heavy atom. The Labute approximate surface area is 126 Å². The summed E-state index contributed by atoms with van der Waals surface area (Å²) in [5, 5.41) is 0. The highest BCUT2D eigenvalue weighted by Crippen LogP contribution is 2.33. The number of alkyl halides is 3. The minimum absolute atomic E-state index is 0.0603. The molecule has 0 amide bonds. The summed E-state index contributed by atoms with van der Waals surface area (Å²) < 4.78 is 48.1. The van der Waals surface area contributed by atoms with E-state index in [0.29, 0.717) is 11.5 Å². The van der Waals surface area contributed by atoms with E-state index < -0.39 is 11.7 Å². The molecule has 22 heavy (non-hydrogen) atoms. The first-order valence-electron chi connectivity index (χ1n) is 6.46. The van der Waals surface area contributed by atoms with E-state index in [1.807, 2.05) is 25.1 Å². The van der Waals surface area contributed by atoms with Gasteiger partial charge in [-0.3, -0.25) is 0 Å². The molecule has 0 bridgehead atoms. The number of pyridine rings is 1. The normalized spacial score (nSPS) is 11.7. The lowest BCUT2D eigenvalue weighted by Crippen LogP contribution is -2.05. The minimum Gasteiger partial charge on any atom is -0.493 e. The fraction of sp³-hybridized carbons (Fsp3) is 0.188. The number of ether oxygens (including phenoxy) is 2. The van der Waals surface area contributed by atoms with Crippen LogP contribution in [0.2, 0.25) is 0 Å². The fourth-order valence-corrected chi connectivity index (χ4v) is 1.79. The van der Waals surface area contributed by atoms with Crippen molar-refractivity contribution in [2.24, 2.45) is 0 Å². The molecule has 0 saturated carbocycles. The van der Waals surface area contributed by atoms with E-state index in [1.165, 1.54) is 13.2 Å². The van der Waals surface area contributed by atoms with E-state index in [-0.39, 0.29) is 5.88 Å². The first kappa shape index (κ1) is 15.9. The Morgan fingerprint density at radius 2 is 1.86 bits per heavy atom. The van der Waals surface area contributed by atoms with Crippen molar-refractivity contribution in [1.82, 2.24) is 4.98 Å². The van der Waals surface area contributed by atoms with Crippen molar-refractivity contribution in [3.05, 3.63) is 53.7 Å². The zero-order valence-electron chi connectivity index (χ0n) is 12.0. The third-order valence-corrected chi connectivity index (χ3v) is 2.82. The zero-order chi connectivity index (χ0) is 16.2. The molecule has 6 heteroatoms. The van der Waals surface area contributed by atoms with Gasteiger partial charge in [0.2, 0.25) is 5.88 Å². The van der Waals surface area contributed by atoms with E-state index >= 15 is 0 Å². The molecule has 0 aliphatic heterocycles. The summed E-state index contributed by atoms with van der Waals surface area (Å²) in [5.41, 5.74) is 0.0994. The second kappa shape index (κ2) is 6.51. The van der Waals surface area contributed by atoms with Crippen molar-refractivity contribution < 1.29 is 22.6 Å². The van der Waals surface area contributed by atoms with Crippen LogP contribution in [0.4, 0.5) is 13.2 Å². The van der Waals surface area contributed by atoms with Crippen LogP contribution in [0.25, 0.3) is 6.08 Å². The maximum Gasteiger partial charge on any atom is 0.417 e. The predicted molar refractivity (Wildman–Crippen MR) is 77.0 cm³/mol. The van der Waals surface area contributed by atoms with Crippen LogP contribution in [0.1, 0.15) is 18.1 Å². The van der Waals surface area contributed by atoms with Gasteiger partial charge in [-0.2, -0.15) is 13.2 Å². The standard InChI is InChI=1S/C16H14F3NO2/c1-3-4-11-5-7-13(14(9-11)21-2)22-15-8-6-12(10-20-15)16(17,18)19/h3-10H,1-2H3. The van der Waals surface area contributed by atoms with E-state index in [1.54, 1.807) is 12.1 Å². The summed E-state index contributed by atoms with van der Waals surface area (Å²) in [6.45, 7) is 1.89. The Hall–Kier alpha value is -2.50. The highest BCUT2D eigenvalue weighted by Gasteiger charge is 2.30. The molecule has 0 radical (unpaired) electrons. The zero-order valence-corrected chi connectivity index (χ0v) is 12.0. The fourth-order valence-electron chi connectivity index (χ4n) is 1.79. The van der Waals surface area contributed by atoms with E-state index in [0.717, 1.165) is 17.8 Å². The molecule has 0 N–H and O–H groups in total. The van der Waals surface area contributed by atoms with Gasteiger partial charge in [-0.1, -0.05) is 18.2 Å². The molecule has 2 rings (SSSR count). The van der Waals surface area contributed by atoms with Crippen molar-refractivity contribution >= 4 is 6.08 Å². The molecular formula is C16H14F3NO2. The summed E-state index contributed by atoms with van der Waals surface area (Å²) >= 11 is 0. The monoisotopic (exact) mass is 309 g/mol. The number of rotatable bonds is 4. The first-order chi connectivity index (χ1) is 10.4. The molecular weight excluding hydrogens is 295 g/mol. The highest BCUT2D eigenvalue weighted by molar-refractivity contribution is 5.56. The number of halogens is 3. The summed E-state index contributed by atoms with van der Waals surface area (Å²) in [6, 6.07) is 7.33. The van der Waals surface area contributed by atoms with Crippen LogP contribution in [0.5, 0.6) is 17.4 Å². The largest absolute Gasteiger partial charge is 0.493 e. The Kier molecular flexibility index (Phi) is 4.70. The first-order valence-corrected chi connectivity index (χ1v) is 6.46. The molecule has 0 aliphatic rings. The van der Waals surface area contributed by atoms with Gasteiger partial charge in [0.15, 0.2) is 11.5 Å². The summed E-state index contributed by atoms with van der Waals surface area (Å²) in [4.78, 5) is 3.66. The van der Waals surface area contributed by atoms with Gasteiger partial charge < -0.3 is 9.47 Å². The van der Waals surface area contributed by atoms with Crippen LogP contribution in [0.15, 0.2) is 42.6 Å². The lowest BCUT2D eigenvalue weighted by molar-refractivity contribution is -0.137. The van der Waals surface area contributed by atoms with E-state index in [4.69, 9.17) is 9.47 Å². The summed E-state index contributed by atoms with van der Waals surface area (Å²) in [5.74, 6) is 0.908. The molecule has 0 atom stereocenters. The molecule has 1 heterocycles. The SMILES string of the molecule is CC=Cc1ccc(Oc2ccc(C(F)(F)F)cn2)c(OC)c1. The second-order valence-electron chi connectivity index (χ2n) is 4.40. The number of hydrogen-bond acceptors (Lipinski definition) is 3. The summed E-state index contributed by atoms with van der Waals surface area (Å²) in [6.07, 6.45) is 0.0861. The van der Waals surface area contributed by atoms with Crippen molar-refractivity contribution in [3.63, 3.8) is 0 Å². The van der Waals surface area contributed by atoms with Crippen molar-refractivity contribution in [3.8, 4) is 17.4 Å². The Morgan fingerprint density at radius 3 is 2.41 bits per heavy atom. The number of allylic oxidation sites excluding steroid dienone is 1. The van der Waals surface area contributed by atoms with Gasteiger partial charge in [0, 0.05) is 12.3 Å². The van der Waals surface area contributed by atoms with Crippen LogP contribution >= 0.6 is 0 Å². The van der Waals surface area contributed by atoms with Gasteiger partial charge in [0.1, 0.15) is 0 Å². The molecule has 1 aromatic heterocycles. The molecule has 0 aliphatic carbocycles. The van der Waals surface area contributed by atoms with Crippen LogP contribution in [-0.4, -0.2) is 12.1 Å². The topological polar surface area (TPSA) is 31.4 Å². The van der Waals surface area contributed by atoms with Crippen molar-refractivity contribution in [1.29, 1.82) is 0 Å². The van der Waals surface area contributed by atoms with Gasteiger partial charge in [-0.25, -0.2) is 4.98 Å². The number of methoxy groups -OCH3 is 1. The molecule has 116 valence electrons. The Bertz CT molecular complexity index is 664. The molecule has 1 aromatic carbocycles. The van der Waals surface area contributed by atoms with Gasteiger partial charge in [0.05, 0.1) is 12.7 Å². The maximum atomic E-state index is 12.5. The highest BCUT2D eigenvalue weighted by atomic mass is 19.4. The second-order valence-corrected chi connectivity index (χ2v) is 4.40. The van der Waals surface area contributed by atoms with Gasteiger partial charge in [-0.15, -0.1) is 0 Å². The lowest BCUT2D eigenvalue weighted by atomic mass is 10.2. The lowest BCUT2D eigenvalue weighted by Gasteiger charge is -2.11. The average Bonchev–Trinajstić information content (AvgIpc) is 2.48. The number of hydrogen-bond donors (Lipinski definition) is 0. The van der Waals surface area contributed by atoms with Gasteiger partial charge in [0.25, 0.3) is 0 Å². The van der Waals surface area contributed by atoms with Crippen molar-refractivity contribution in [2.75, 3.05) is 7.11 Å². The molecule has 0 unspecified atom stereocenters. The molecule has 0 fully saturated rings. The molecule has 0 saturated heterocycles. The van der Waals surface area contributed by atoms with Gasteiger partial charge >= 0.3 is 6.18 Å². The number of benzene rings is 1. The van der Waals surface area contributed by atoms with Crippen LogP contribution < -0.4 is 9.47 Å². The predicted octanol–water partition coefficient (Wildman–Crippen LogP) is 4.93. The van der Waals surface area contributed by atoms with Crippen LogP contribution in [-0.2, 0) is 6.18 Å². The third-order valence-electron chi connectivity index (χ3n) is 2.82. The van der Waals surface area contributed by atoms with E-state index in [2.05, 4.69) is 4.98 Å². The quantitative estimate of drug-likeness (QED) is 0.802. The molecule has 3 nitrogen and oxygen atoms in total. The average molecular weight is 309 g/mol. The minimum atomic E-state index is -4.42. The van der Waals surface area contributed by atoms with Crippen molar-refractivity contribution in [2.45, 2.75) is 13.1 Å². The molecule has 2 aromatic rings. The van der Waals surface area contributed by atoms with Crippen LogP contribution in [0, 0.1) is 0 Å². The van der Waals surface area contributed by atoms with Gasteiger partial charge in [-0.05, 0) is 30.7 Å². The van der Waals surface area contributed by atoms with E-state index in [9.17, 15) is 13.2 Å². The maximum absolute atomic E-state index is 12.5. The number of aromatic nitrogens is 1.